The number of aliphatic carboxylic acids is 1. The Bertz CT molecular complexity index is 1050. The molecule has 7 heteroatoms. The number of nitrogens with zero attached hydrogens (tertiary/aromatic N) is 2. The number of nitrogens with one attached hydrogen (secondary N) is 2. The Balaban J connectivity index is 1.82. The summed E-state index contributed by atoms with van der Waals surface area (Å²) in [6.07, 6.45) is 2.36. The highest BCUT2D eigenvalue weighted by atomic mass is 16.4. The van der Waals surface area contributed by atoms with E-state index < -0.39 is 5.97 Å². The lowest BCUT2D eigenvalue weighted by atomic mass is 10.0. The molecule has 0 unspecified atom stereocenters. The fourth-order valence-electron chi connectivity index (χ4n) is 3.08. The molecular formula is C23H26N4O3. The van der Waals surface area contributed by atoms with Crippen molar-refractivity contribution in [3.63, 3.8) is 0 Å². The van der Waals surface area contributed by atoms with Gasteiger partial charge >= 0.3 is 5.97 Å². The van der Waals surface area contributed by atoms with Gasteiger partial charge in [0.25, 0.3) is 0 Å². The number of benzene rings is 2. The molecule has 0 bridgehead atoms. The van der Waals surface area contributed by atoms with Crippen molar-refractivity contribution in [3.05, 3.63) is 48.8 Å². The largest absolute Gasteiger partial charge is 0.481 e. The summed E-state index contributed by atoms with van der Waals surface area (Å²) in [4.78, 5) is 31.3. The van der Waals surface area contributed by atoms with E-state index in [9.17, 15) is 9.59 Å². The highest BCUT2D eigenvalue weighted by Gasteiger charge is 2.09. The van der Waals surface area contributed by atoms with Crippen molar-refractivity contribution in [1.29, 1.82) is 0 Å². The third-order valence-corrected chi connectivity index (χ3v) is 4.70. The molecule has 156 valence electrons. The third-order valence-electron chi connectivity index (χ3n) is 4.70. The van der Waals surface area contributed by atoms with Gasteiger partial charge in [-0.25, -0.2) is 9.97 Å². The first kappa shape index (κ1) is 21.2. The lowest BCUT2D eigenvalue weighted by Gasteiger charge is -2.11. The number of carbonyl (C=O) groups excluding carboxylic acids is 1. The maximum atomic E-state index is 11.9. The summed E-state index contributed by atoms with van der Waals surface area (Å²) in [6.45, 7) is 5.21. The molecular weight excluding hydrogens is 380 g/mol. The van der Waals surface area contributed by atoms with Gasteiger partial charge in [-0.05, 0) is 47.7 Å². The van der Waals surface area contributed by atoms with Gasteiger partial charge in [-0.15, -0.1) is 0 Å². The molecule has 3 aromatic rings. The molecule has 1 amide bonds. The third kappa shape index (κ3) is 5.76. The molecule has 1 aromatic heterocycles. The summed E-state index contributed by atoms with van der Waals surface area (Å²) in [5.41, 5.74) is 3.40. The van der Waals surface area contributed by atoms with Crippen molar-refractivity contribution in [1.82, 2.24) is 9.97 Å². The first-order chi connectivity index (χ1) is 14.4. The molecule has 2 aromatic carbocycles. The van der Waals surface area contributed by atoms with Crippen LogP contribution in [0.1, 0.15) is 33.1 Å². The lowest BCUT2D eigenvalue weighted by molar-refractivity contribution is -0.138. The zero-order valence-corrected chi connectivity index (χ0v) is 17.2. The predicted octanol–water partition coefficient (Wildman–Crippen LogP) is 4.56. The first-order valence-corrected chi connectivity index (χ1v) is 10.0. The van der Waals surface area contributed by atoms with Crippen LogP contribution in [0.5, 0.6) is 0 Å². The van der Waals surface area contributed by atoms with E-state index in [2.05, 4.69) is 34.4 Å². The number of aromatic nitrogens is 2. The monoisotopic (exact) mass is 406 g/mol. The highest BCUT2D eigenvalue weighted by molar-refractivity contribution is 5.94. The second-order valence-electron chi connectivity index (χ2n) is 7.59. The van der Waals surface area contributed by atoms with Gasteiger partial charge in [0.15, 0.2) is 0 Å². The molecule has 0 aliphatic heterocycles. The molecule has 0 saturated heterocycles. The number of carbonyl (C=O) groups is 2. The Hall–Kier alpha value is -3.48. The number of hydrogen-bond acceptors (Lipinski definition) is 5. The van der Waals surface area contributed by atoms with E-state index in [1.165, 1.54) is 0 Å². The number of hydrogen-bond donors (Lipinski definition) is 3. The minimum atomic E-state index is -0.991. The number of fused-ring (bicyclic) bond motifs is 1. The fourth-order valence-corrected chi connectivity index (χ4v) is 3.08. The molecule has 7 nitrogen and oxygen atoms in total. The minimum absolute atomic E-state index is 0.0573. The van der Waals surface area contributed by atoms with E-state index in [1.54, 1.807) is 12.4 Å². The van der Waals surface area contributed by atoms with Gasteiger partial charge in [-0.3, -0.25) is 9.59 Å². The van der Waals surface area contributed by atoms with Crippen LogP contribution in [-0.2, 0) is 9.59 Å². The van der Waals surface area contributed by atoms with Gasteiger partial charge in [0.1, 0.15) is 12.1 Å². The molecule has 3 N–H and O–H groups in total. The molecule has 0 aliphatic carbocycles. The lowest BCUT2D eigenvalue weighted by Crippen LogP contribution is -2.13. The normalized spacial score (nSPS) is 10.9. The highest BCUT2D eigenvalue weighted by Crippen LogP contribution is 2.28. The van der Waals surface area contributed by atoms with Crippen molar-refractivity contribution < 1.29 is 14.7 Å². The number of rotatable bonds is 9. The van der Waals surface area contributed by atoms with E-state index in [0.29, 0.717) is 11.6 Å². The second-order valence-corrected chi connectivity index (χ2v) is 7.59. The summed E-state index contributed by atoms with van der Waals surface area (Å²) in [5.74, 6) is 0.100. The van der Waals surface area contributed by atoms with Crippen LogP contribution >= 0.6 is 0 Å². The van der Waals surface area contributed by atoms with E-state index in [0.717, 1.165) is 40.8 Å². The van der Waals surface area contributed by atoms with Gasteiger partial charge in [0.2, 0.25) is 5.91 Å². The summed E-state index contributed by atoms with van der Waals surface area (Å²) in [5, 5.41) is 15.8. The van der Waals surface area contributed by atoms with E-state index >= 15 is 0 Å². The Morgan fingerprint density at radius 3 is 2.60 bits per heavy atom. The standard InChI is InChI=1S/C23H26N4O3/c1-15(2)10-11-24-23-19-13-17(6-7-20(19)25-14-26-23)16-4-3-5-18(12-16)27-21(28)8-9-22(29)30/h3-7,12-15H,8-11H2,1-2H3,(H,27,28)(H,29,30)(H,24,25,26). The van der Waals surface area contributed by atoms with Crippen LogP contribution in [0, 0.1) is 5.92 Å². The smallest absolute Gasteiger partial charge is 0.303 e. The molecule has 0 saturated carbocycles. The van der Waals surface area contributed by atoms with Crippen molar-refractivity contribution >= 4 is 34.3 Å². The average Bonchev–Trinajstić information content (AvgIpc) is 2.72. The van der Waals surface area contributed by atoms with E-state index in [4.69, 9.17) is 5.11 Å². The Morgan fingerprint density at radius 1 is 1.03 bits per heavy atom. The SMILES string of the molecule is CC(C)CCNc1ncnc2ccc(-c3cccc(NC(=O)CCC(=O)O)c3)cc12. The Morgan fingerprint density at radius 2 is 1.83 bits per heavy atom. The van der Waals surface area contributed by atoms with Crippen LogP contribution in [0.15, 0.2) is 48.8 Å². The van der Waals surface area contributed by atoms with Crippen molar-refractivity contribution in [2.24, 2.45) is 5.92 Å². The van der Waals surface area contributed by atoms with Gasteiger partial charge < -0.3 is 15.7 Å². The van der Waals surface area contributed by atoms with Gasteiger partial charge in [-0.1, -0.05) is 32.0 Å². The Kier molecular flexibility index (Phi) is 6.95. The molecule has 0 radical (unpaired) electrons. The number of carboxylic acids is 1. The van der Waals surface area contributed by atoms with Crippen molar-refractivity contribution in [3.8, 4) is 11.1 Å². The average molecular weight is 406 g/mol. The fraction of sp³-hybridized carbons (Fsp3) is 0.304. The minimum Gasteiger partial charge on any atom is -0.481 e. The quantitative estimate of drug-likeness (QED) is 0.481. The van der Waals surface area contributed by atoms with Gasteiger partial charge in [-0.2, -0.15) is 0 Å². The van der Waals surface area contributed by atoms with Gasteiger partial charge in [0, 0.05) is 24.0 Å². The number of amides is 1. The molecule has 3 rings (SSSR count). The van der Waals surface area contributed by atoms with Crippen molar-refractivity contribution in [2.75, 3.05) is 17.2 Å². The maximum absolute atomic E-state index is 11.9. The number of carboxylic acid groups (broad SMARTS) is 1. The molecule has 30 heavy (non-hydrogen) atoms. The Labute approximate surface area is 175 Å². The van der Waals surface area contributed by atoms with Crippen LogP contribution in [0.3, 0.4) is 0 Å². The summed E-state index contributed by atoms with van der Waals surface area (Å²) < 4.78 is 0. The van der Waals surface area contributed by atoms with Gasteiger partial charge in [0.05, 0.1) is 11.9 Å². The molecule has 0 atom stereocenters. The van der Waals surface area contributed by atoms with Crippen LogP contribution in [0.4, 0.5) is 11.5 Å². The zero-order chi connectivity index (χ0) is 21.5. The molecule has 0 aliphatic rings. The summed E-state index contributed by atoms with van der Waals surface area (Å²) >= 11 is 0. The first-order valence-electron chi connectivity index (χ1n) is 10.0. The predicted molar refractivity (Wildman–Crippen MR) is 118 cm³/mol. The molecule has 1 heterocycles. The second kappa shape index (κ2) is 9.82. The number of anilines is 2. The summed E-state index contributed by atoms with van der Waals surface area (Å²) in [7, 11) is 0. The topological polar surface area (TPSA) is 104 Å². The van der Waals surface area contributed by atoms with Crippen LogP contribution < -0.4 is 10.6 Å². The molecule has 0 fully saturated rings. The van der Waals surface area contributed by atoms with Crippen LogP contribution in [0.25, 0.3) is 22.0 Å². The maximum Gasteiger partial charge on any atom is 0.303 e. The van der Waals surface area contributed by atoms with E-state index in [-0.39, 0.29) is 18.7 Å². The molecule has 0 spiro atoms. The summed E-state index contributed by atoms with van der Waals surface area (Å²) in [6, 6.07) is 13.5. The van der Waals surface area contributed by atoms with Crippen molar-refractivity contribution in [2.45, 2.75) is 33.1 Å². The zero-order valence-electron chi connectivity index (χ0n) is 17.2. The van der Waals surface area contributed by atoms with E-state index in [1.807, 2.05) is 36.4 Å². The van der Waals surface area contributed by atoms with Crippen LogP contribution in [-0.4, -0.2) is 33.5 Å². The van der Waals surface area contributed by atoms with Crippen LogP contribution in [0.2, 0.25) is 0 Å².